The molecule has 1 aliphatic heterocycles. The minimum Gasteiger partial charge on any atom is -0.450 e. The summed E-state index contributed by atoms with van der Waals surface area (Å²) in [6.07, 6.45) is 3.21. The molecule has 8 heteroatoms. The second-order valence-electron chi connectivity index (χ2n) is 6.86. The molecule has 0 N–H and O–H groups in total. The summed E-state index contributed by atoms with van der Waals surface area (Å²) < 4.78 is 5.11. The van der Waals surface area contributed by atoms with Gasteiger partial charge in [0.15, 0.2) is 5.82 Å². The van der Waals surface area contributed by atoms with Crippen LogP contribution in [0, 0.1) is 0 Å². The van der Waals surface area contributed by atoms with Gasteiger partial charge in [-0.1, -0.05) is 23.7 Å². The number of halogens is 1. The minimum absolute atomic E-state index is 0.266. The summed E-state index contributed by atoms with van der Waals surface area (Å²) >= 11 is 6.05. The first-order valence-corrected chi connectivity index (χ1v) is 10.2. The molecular weight excluding hydrogens is 402 g/mol. The maximum atomic E-state index is 12.0. The van der Waals surface area contributed by atoms with E-state index in [-0.39, 0.29) is 6.09 Å². The van der Waals surface area contributed by atoms with Crippen LogP contribution in [0.3, 0.4) is 0 Å². The van der Waals surface area contributed by atoms with Crippen molar-refractivity contribution < 1.29 is 9.53 Å². The van der Waals surface area contributed by atoms with Crippen LogP contribution in [0.15, 0.2) is 54.9 Å². The molecule has 3 aromatic rings. The Morgan fingerprint density at radius 3 is 2.50 bits per heavy atom. The van der Waals surface area contributed by atoms with Crippen molar-refractivity contribution in [2.45, 2.75) is 6.92 Å². The second kappa shape index (κ2) is 9.09. The topological polar surface area (TPSA) is 71.5 Å². The van der Waals surface area contributed by atoms with Crippen LogP contribution in [0.1, 0.15) is 6.92 Å². The molecule has 4 rings (SSSR count). The lowest BCUT2D eigenvalue weighted by Crippen LogP contribution is -2.49. The van der Waals surface area contributed by atoms with Crippen LogP contribution in [0.4, 0.5) is 10.6 Å². The largest absolute Gasteiger partial charge is 0.450 e. The number of nitrogens with zero attached hydrogens (tertiary/aromatic N) is 5. The number of carbonyl (C=O) groups is 1. The van der Waals surface area contributed by atoms with Crippen LogP contribution in [-0.2, 0) is 4.74 Å². The molecule has 0 saturated carbocycles. The molecule has 1 amide bonds. The molecule has 30 heavy (non-hydrogen) atoms. The van der Waals surface area contributed by atoms with Gasteiger partial charge >= 0.3 is 6.09 Å². The van der Waals surface area contributed by atoms with E-state index in [0.717, 1.165) is 22.6 Å². The summed E-state index contributed by atoms with van der Waals surface area (Å²) in [7, 11) is 0. The number of ether oxygens (including phenoxy) is 1. The van der Waals surface area contributed by atoms with Crippen molar-refractivity contribution in [2.75, 3.05) is 37.7 Å². The summed E-state index contributed by atoms with van der Waals surface area (Å²) in [5.74, 6) is 1.43. The van der Waals surface area contributed by atoms with E-state index in [2.05, 4.69) is 9.88 Å². The average molecular weight is 424 g/mol. The molecule has 1 saturated heterocycles. The van der Waals surface area contributed by atoms with Crippen LogP contribution >= 0.6 is 11.6 Å². The predicted octanol–water partition coefficient (Wildman–Crippen LogP) is 4.14. The molecule has 0 aliphatic carbocycles. The molecule has 1 aliphatic rings. The van der Waals surface area contributed by atoms with Crippen LogP contribution in [0.5, 0.6) is 0 Å². The Hall–Kier alpha value is -3.19. The summed E-state index contributed by atoms with van der Waals surface area (Å²) in [4.78, 5) is 29.6. The highest BCUT2D eigenvalue weighted by atomic mass is 35.5. The summed E-state index contributed by atoms with van der Waals surface area (Å²) in [5, 5.41) is 0.676. The molecule has 0 atom stereocenters. The zero-order chi connectivity index (χ0) is 20.9. The van der Waals surface area contributed by atoms with E-state index >= 15 is 0 Å². The Bertz CT molecular complexity index is 1010. The van der Waals surface area contributed by atoms with Crippen molar-refractivity contribution >= 4 is 23.5 Å². The highest BCUT2D eigenvalue weighted by Crippen LogP contribution is 2.27. The van der Waals surface area contributed by atoms with E-state index in [9.17, 15) is 4.79 Å². The smallest absolute Gasteiger partial charge is 0.409 e. The zero-order valence-corrected chi connectivity index (χ0v) is 17.4. The lowest BCUT2D eigenvalue weighted by atomic mass is 10.1. The Balaban J connectivity index is 1.65. The van der Waals surface area contributed by atoms with E-state index in [1.54, 1.807) is 17.3 Å². The summed E-state index contributed by atoms with van der Waals surface area (Å²) in [6, 6.07) is 13.4. The third-order valence-corrected chi connectivity index (χ3v) is 5.15. The molecular formula is C22H22ClN5O2. The highest BCUT2D eigenvalue weighted by molar-refractivity contribution is 6.30. The van der Waals surface area contributed by atoms with Crippen molar-refractivity contribution in [2.24, 2.45) is 0 Å². The number of pyridine rings is 1. The van der Waals surface area contributed by atoms with Gasteiger partial charge in [0.1, 0.15) is 5.82 Å². The molecule has 2 aromatic heterocycles. The predicted molar refractivity (Wildman–Crippen MR) is 117 cm³/mol. The summed E-state index contributed by atoms with van der Waals surface area (Å²) in [5.41, 5.74) is 2.61. The number of hydrogen-bond donors (Lipinski definition) is 0. The second-order valence-corrected chi connectivity index (χ2v) is 7.29. The van der Waals surface area contributed by atoms with Crippen molar-refractivity contribution in [1.82, 2.24) is 19.9 Å². The number of hydrogen-bond acceptors (Lipinski definition) is 6. The number of benzene rings is 1. The Labute approximate surface area is 180 Å². The third-order valence-electron chi connectivity index (χ3n) is 4.90. The number of rotatable bonds is 4. The minimum atomic E-state index is -0.266. The van der Waals surface area contributed by atoms with Gasteiger partial charge in [0.25, 0.3) is 0 Å². The molecule has 3 heterocycles. The van der Waals surface area contributed by atoms with Gasteiger partial charge in [0.05, 0.1) is 12.3 Å². The average Bonchev–Trinajstić information content (AvgIpc) is 2.80. The maximum Gasteiger partial charge on any atom is 0.409 e. The van der Waals surface area contributed by atoms with E-state index in [1.807, 2.05) is 49.4 Å². The zero-order valence-electron chi connectivity index (χ0n) is 16.7. The first-order chi connectivity index (χ1) is 14.6. The van der Waals surface area contributed by atoms with Gasteiger partial charge in [-0.05, 0) is 31.2 Å². The SMILES string of the molecule is CCOC(=O)N1CCN(c2cc(-c3ccc(Cl)cc3)nc(-c3cccnc3)n2)CC1. The Kier molecular flexibility index (Phi) is 6.09. The van der Waals surface area contributed by atoms with E-state index < -0.39 is 0 Å². The summed E-state index contributed by atoms with van der Waals surface area (Å²) in [6.45, 7) is 4.70. The van der Waals surface area contributed by atoms with Crippen LogP contribution in [0.2, 0.25) is 5.02 Å². The standard InChI is InChI=1S/C22H22ClN5O2/c1-2-30-22(29)28-12-10-27(11-13-28)20-14-19(16-5-7-18(23)8-6-16)25-21(26-20)17-4-3-9-24-15-17/h3-9,14-15H,2,10-13H2,1H3. The first-order valence-electron chi connectivity index (χ1n) is 9.86. The molecule has 1 fully saturated rings. The first kappa shape index (κ1) is 20.1. The van der Waals surface area contributed by atoms with Gasteiger partial charge in [-0.3, -0.25) is 4.98 Å². The van der Waals surface area contributed by atoms with Crippen molar-refractivity contribution in [3.05, 3.63) is 59.9 Å². The van der Waals surface area contributed by atoms with Gasteiger partial charge < -0.3 is 14.5 Å². The number of aromatic nitrogens is 3. The maximum absolute atomic E-state index is 12.0. The Morgan fingerprint density at radius 1 is 1.07 bits per heavy atom. The van der Waals surface area contributed by atoms with Crippen LogP contribution < -0.4 is 4.90 Å². The molecule has 7 nitrogen and oxygen atoms in total. The van der Waals surface area contributed by atoms with Crippen molar-refractivity contribution in [3.63, 3.8) is 0 Å². The number of carbonyl (C=O) groups excluding carboxylic acids is 1. The van der Waals surface area contributed by atoms with Crippen LogP contribution in [0.25, 0.3) is 22.6 Å². The number of amides is 1. The van der Waals surface area contributed by atoms with Gasteiger partial charge in [-0.2, -0.15) is 0 Å². The quantitative estimate of drug-likeness (QED) is 0.628. The van der Waals surface area contributed by atoms with Crippen LogP contribution in [-0.4, -0.2) is 58.7 Å². The fourth-order valence-corrected chi connectivity index (χ4v) is 3.45. The molecule has 154 valence electrons. The molecule has 0 bridgehead atoms. The number of piperazine rings is 1. The molecule has 0 radical (unpaired) electrons. The normalized spacial score (nSPS) is 13.9. The lowest BCUT2D eigenvalue weighted by molar-refractivity contribution is 0.105. The van der Waals surface area contributed by atoms with Gasteiger partial charge in [0, 0.05) is 60.8 Å². The molecule has 1 aromatic carbocycles. The highest BCUT2D eigenvalue weighted by Gasteiger charge is 2.23. The fourth-order valence-electron chi connectivity index (χ4n) is 3.32. The van der Waals surface area contributed by atoms with E-state index in [1.165, 1.54) is 0 Å². The fraction of sp³-hybridized carbons (Fsp3) is 0.273. The van der Waals surface area contributed by atoms with Gasteiger partial charge in [-0.25, -0.2) is 14.8 Å². The third kappa shape index (κ3) is 4.52. The van der Waals surface area contributed by atoms with Gasteiger partial charge in [-0.15, -0.1) is 0 Å². The van der Waals surface area contributed by atoms with E-state index in [4.69, 9.17) is 26.3 Å². The van der Waals surface area contributed by atoms with Gasteiger partial charge in [0.2, 0.25) is 0 Å². The van der Waals surface area contributed by atoms with E-state index in [0.29, 0.717) is 43.6 Å². The van der Waals surface area contributed by atoms with Crippen molar-refractivity contribution in [1.29, 1.82) is 0 Å². The molecule has 0 unspecified atom stereocenters. The number of anilines is 1. The monoisotopic (exact) mass is 423 g/mol. The van der Waals surface area contributed by atoms with Crippen molar-refractivity contribution in [3.8, 4) is 22.6 Å². The lowest BCUT2D eigenvalue weighted by Gasteiger charge is -2.35. The molecule has 0 spiro atoms. The Morgan fingerprint density at radius 2 is 1.83 bits per heavy atom.